The second-order valence-corrected chi connectivity index (χ2v) is 4.25. The molecule has 2 aromatic rings. The van der Waals surface area contributed by atoms with Crippen molar-refractivity contribution >= 4 is 44.3 Å². The fourth-order valence-corrected chi connectivity index (χ4v) is 2.43. The number of hydrogen-bond donors (Lipinski definition) is 1. The largest absolute Gasteiger partial charge is 0.465 e. The summed E-state index contributed by atoms with van der Waals surface area (Å²) in [7, 11) is 1.31. The summed E-state index contributed by atoms with van der Waals surface area (Å²) < 4.78 is 5.31. The van der Waals surface area contributed by atoms with E-state index in [1.165, 1.54) is 18.4 Å². The standard InChI is InChI=1S/C9H7ClN2O2S/c1-14-8(13)6-4(10)2-3-5-7(6)15-9(11)12-5/h2-3H,1H3,(H2,11,12). The zero-order valence-electron chi connectivity index (χ0n) is 7.78. The molecule has 1 aromatic carbocycles. The van der Waals surface area contributed by atoms with E-state index in [-0.39, 0.29) is 0 Å². The zero-order chi connectivity index (χ0) is 11.0. The van der Waals surface area contributed by atoms with E-state index in [9.17, 15) is 4.79 Å². The number of nitrogens with two attached hydrogens (primary N) is 1. The van der Waals surface area contributed by atoms with Gasteiger partial charge in [-0.1, -0.05) is 22.9 Å². The number of carbonyl (C=O) groups is 1. The van der Waals surface area contributed by atoms with Crippen LogP contribution in [-0.2, 0) is 4.74 Å². The smallest absolute Gasteiger partial charge is 0.340 e. The predicted molar refractivity (Wildman–Crippen MR) is 60.4 cm³/mol. The van der Waals surface area contributed by atoms with Crippen LogP contribution in [-0.4, -0.2) is 18.1 Å². The number of nitrogens with zero attached hydrogens (tertiary/aromatic N) is 1. The first-order chi connectivity index (χ1) is 7.13. The Balaban J connectivity index is 2.78. The van der Waals surface area contributed by atoms with Gasteiger partial charge in [-0.25, -0.2) is 9.78 Å². The Morgan fingerprint density at radius 2 is 2.33 bits per heavy atom. The van der Waals surface area contributed by atoms with Crippen LogP contribution in [0.25, 0.3) is 10.2 Å². The quantitative estimate of drug-likeness (QED) is 0.780. The number of ether oxygens (including phenoxy) is 1. The summed E-state index contributed by atoms with van der Waals surface area (Å²) in [5, 5.41) is 0.746. The molecular formula is C9H7ClN2O2S. The Morgan fingerprint density at radius 1 is 1.60 bits per heavy atom. The van der Waals surface area contributed by atoms with Crippen molar-refractivity contribution in [2.24, 2.45) is 0 Å². The molecule has 78 valence electrons. The number of fused-ring (bicyclic) bond motifs is 1. The Hall–Kier alpha value is -1.33. The summed E-state index contributed by atoms with van der Waals surface area (Å²) in [5.41, 5.74) is 6.54. The van der Waals surface area contributed by atoms with Crippen LogP contribution in [0.4, 0.5) is 5.13 Å². The lowest BCUT2D eigenvalue weighted by atomic mass is 10.2. The van der Waals surface area contributed by atoms with Gasteiger partial charge in [0.2, 0.25) is 0 Å². The molecule has 0 unspecified atom stereocenters. The Bertz CT molecular complexity index is 538. The van der Waals surface area contributed by atoms with Gasteiger partial charge in [0, 0.05) is 0 Å². The highest BCUT2D eigenvalue weighted by Crippen LogP contribution is 2.32. The molecule has 0 radical (unpaired) electrons. The molecule has 15 heavy (non-hydrogen) atoms. The Morgan fingerprint density at radius 3 is 3.00 bits per heavy atom. The normalized spacial score (nSPS) is 10.5. The zero-order valence-corrected chi connectivity index (χ0v) is 9.35. The molecule has 6 heteroatoms. The number of anilines is 1. The van der Waals surface area contributed by atoms with Crippen molar-refractivity contribution in [3.05, 3.63) is 22.7 Å². The Kier molecular flexibility index (Phi) is 2.50. The summed E-state index contributed by atoms with van der Waals surface area (Å²) >= 11 is 7.14. The van der Waals surface area contributed by atoms with E-state index in [2.05, 4.69) is 9.72 Å². The molecule has 0 aliphatic carbocycles. The van der Waals surface area contributed by atoms with Gasteiger partial charge in [0.05, 0.1) is 27.9 Å². The van der Waals surface area contributed by atoms with Gasteiger partial charge in [-0.05, 0) is 12.1 Å². The van der Waals surface area contributed by atoms with Gasteiger partial charge in [-0.2, -0.15) is 0 Å². The molecule has 0 aliphatic rings. The lowest BCUT2D eigenvalue weighted by Gasteiger charge is -2.02. The molecule has 2 rings (SSSR count). The van der Waals surface area contributed by atoms with Crippen molar-refractivity contribution < 1.29 is 9.53 Å². The summed E-state index contributed by atoms with van der Waals surface area (Å²) in [6.07, 6.45) is 0. The van der Waals surface area contributed by atoms with Crippen LogP contribution < -0.4 is 5.73 Å². The number of thiazole rings is 1. The highest BCUT2D eigenvalue weighted by molar-refractivity contribution is 7.22. The van der Waals surface area contributed by atoms with E-state index in [1.807, 2.05) is 0 Å². The lowest BCUT2D eigenvalue weighted by molar-refractivity contribution is 0.0603. The maximum Gasteiger partial charge on any atom is 0.340 e. The third kappa shape index (κ3) is 1.64. The number of esters is 1. The summed E-state index contributed by atoms with van der Waals surface area (Å²) in [4.78, 5) is 15.6. The average Bonchev–Trinajstić information content (AvgIpc) is 2.57. The number of hydrogen-bond acceptors (Lipinski definition) is 5. The van der Waals surface area contributed by atoms with Crippen LogP contribution in [0.2, 0.25) is 5.02 Å². The van der Waals surface area contributed by atoms with E-state index >= 15 is 0 Å². The van der Waals surface area contributed by atoms with Gasteiger partial charge >= 0.3 is 5.97 Å². The summed E-state index contributed by atoms with van der Waals surface area (Å²) in [5.74, 6) is -0.478. The van der Waals surface area contributed by atoms with Gasteiger partial charge in [-0.3, -0.25) is 0 Å². The van der Waals surface area contributed by atoms with Crippen molar-refractivity contribution in [3.63, 3.8) is 0 Å². The number of aromatic nitrogens is 1. The van der Waals surface area contributed by atoms with Crippen LogP contribution >= 0.6 is 22.9 Å². The topological polar surface area (TPSA) is 65.2 Å². The number of benzene rings is 1. The molecule has 0 atom stereocenters. The SMILES string of the molecule is COC(=O)c1c(Cl)ccc2nc(N)sc12. The molecule has 1 heterocycles. The van der Waals surface area contributed by atoms with Gasteiger partial charge in [-0.15, -0.1) is 0 Å². The summed E-state index contributed by atoms with van der Waals surface area (Å²) in [6.45, 7) is 0. The first-order valence-corrected chi connectivity index (χ1v) is 5.25. The fourth-order valence-electron chi connectivity index (χ4n) is 1.28. The van der Waals surface area contributed by atoms with Crippen LogP contribution in [0, 0.1) is 0 Å². The third-order valence-corrected chi connectivity index (χ3v) is 3.15. The van der Waals surface area contributed by atoms with Crippen LogP contribution in [0.1, 0.15) is 10.4 Å². The molecule has 0 bridgehead atoms. The van der Waals surface area contributed by atoms with E-state index in [0.717, 1.165) is 0 Å². The fraction of sp³-hybridized carbons (Fsp3) is 0.111. The first-order valence-electron chi connectivity index (χ1n) is 4.06. The molecule has 2 N–H and O–H groups in total. The van der Waals surface area contributed by atoms with E-state index < -0.39 is 5.97 Å². The highest BCUT2D eigenvalue weighted by Gasteiger charge is 2.17. The van der Waals surface area contributed by atoms with E-state index in [1.54, 1.807) is 12.1 Å². The maximum atomic E-state index is 11.5. The number of rotatable bonds is 1. The molecular weight excluding hydrogens is 236 g/mol. The van der Waals surface area contributed by atoms with E-state index in [4.69, 9.17) is 17.3 Å². The van der Waals surface area contributed by atoms with Gasteiger partial charge < -0.3 is 10.5 Å². The monoisotopic (exact) mass is 242 g/mol. The predicted octanol–water partition coefficient (Wildman–Crippen LogP) is 2.32. The number of carbonyl (C=O) groups excluding carboxylic acids is 1. The molecule has 4 nitrogen and oxygen atoms in total. The number of nitrogen functional groups attached to an aromatic ring is 1. The van der Waals surface area contributed by atoms with Gasteiger partial charge in [0.25, 0.3) is 0 Å². The number of halogens is 1. The molecule has 0 saturated heterocycles. The van der Waals surface area contributed by atoms with Gasteiger partial charge in [0.15, 0.2) is 5.13 Å². The molecule has 0 saturated carbocycles. The minimum absolute atomic E-state index is 0.325. The first kappa shape index (κ1) is 10.2. The molecule has 0 fully saturated rings. The van der Waals surface area contributed by atoms with Crippen molar-refractivity contribution in [2.75, 3.05) is 12.8 Å². The molecule has 0 aliphatic heterocycles. The van der Waals surface area contributed by atoms with Crippen molar-refractivity contribution in [3.8, 4) is 0 Å². The third-order valence-electron chi connectivity index (χ3n) is 1.91. The van der Waals surface area contributed by atoms with Crippen LogP contribution in [0.5, 0.6) is 0 Å². The number of methoxy groups -OCH3 is 1. The minimum atomic E-state index is -0.478. The van der Waals surface area contributed by atoms with Gasteiger partial charge in [0.1, 0.15) is 0 Å². The minimum Gasteiger partial charge on any atom is -0.465 e. The molecule has 0 amide bonds. The van der Waals surface area contributed by atoms with Crippen LogP contribution in [0.3, 0.4) is 0 Å². The van der Waals surface area contributed by atoms with Crippen molar-refractivity contribution in [1.29, 1.82) is 0 Å². The molecule has 1 aromatic heterocycles. The second kappa shape index (κ2) is 3.67. The highest BCUT2D eigenvalue weighted by atomic mass is 35.5. The van der Waals surface area contributed by atoms with Crippen LogP contribution in [0.15, 0.2) is 12.1 Å². The molecule has 0 spiro atoms. The summed E-state index contributed by atoms with van der Waals surface area (Å²) in [6, 6.07) is 3.33. The maximum absolute atomic E-state index is 11.5. The van der Waals surface area contributed by atoms with Crippen molar-refractivity contribution in [1.82, 2.24) is 4.98 Å². The van der Waals surface area contributed by atoms with Crippen molar-refractivity contribution in [2.45, 2.75) is 0 Å². The lowest BCUT2D eigenvalue weighted by Crippen LogP contribution is -2.02. The van der Waals surface area contributed by atoms with E-state index in [0.29, 0.717) is 25.9 Å². The average molecular weight is 243 g/mol. The Labute approximate surface area is 94.6 Å². The second-order valence-electron chi connectivity index (χ2n) is 2.81.